The third-order valence-electron chi connectivity index (χ3n) is 5.29. The molecule has 0 radical (unpaired) electrons. The summed E-state index contributed by atoms with van der Waals surface area (Å²) in [6.07, 6.45) is 4.00. The largest absolute Gasteiger partial charge is 0.375 e. The molecule has 0 unspecified atom stereocenters. The van der Waals surface area contributed by atoms with Gasteiger partial charge in [-0.25, -0.2) is 0 Å². The summed E-state index contributed by atoms with van der Waals surface area (Å²) in [6, 6.07) is 6.20. The van der Waals surface area contributed by atoms with E-state index in [2.05, 4.69) is 10.2 Å². The highest BCUT2D eigenvalue weighted by Gasteiger charge is 2.42. The first kappa shape index (κ1) is 15.4. The van der Waals surface area contributed by atoms with Crippen LogP contribution in [0.4, 0.5) is 0 Å². The first-order valence-electron chi connectivity index (χ1n) is 8.53. The summed E-state index contributed by atoms with van der Waals surface area (Å²) in [4.78, 5) is 15.0. The van der Waals surface area contributed by atoms with Crippen LogP contribution in [0.25, 0.3) is 0 Å². The molecular weight excluding hydrogens is 312 g/mol. The van der Waals surface area contributed by atoms with E-state index >= 15 is 0 Å². The molecule has 2 heterocycles. The van der Waals surface area contributed by atoms with E-state index in [0.29, 0.717) is 22.7 Å². The number of nitrogens with one attached hydrogen (secondary N) is 1. The maximum atomic E-state index is 12.5. The standard InChI is InChI=1S/C18H23ClN2O2/c1-11-2-5-16(19)15(6-11)18(22)20-13-7-14-10-23-17(12-3-4-12)9-21(14)8-13/h2,5-6,12-14,17H,3-4,7-10H2,1H3,(H,20,22)/t13-,14-,17-/m0/s1. The zero-order valence-electron chi connectivity index (χ0n) is 13.4. The molecule has 2 saturated heterocycles. The molecule has 4 rings (SSSR count). The molecule has 0 spiro atoms. The van der Waals surface area contributed by atoms with Crippen LogP contribution < -0.4 is 5.32 Å². The number of amides is 1. The van der Waals surface area contributed by atoms with Crippen LogP contribution in [0.1, 0.15) is 35.2 Å². The monoisotopic (exact) mass is 334 g/mol. The van der Waals surface area contributed by atoms with Crippen molar-refractivity contribution >= 4 is 17.5 Å². The summed E-state index contributed by atoms with van der Waals surface area (Å²) in [6.45, 7) is 4.72. The van der Waals surface area contributed by atoms with E-state index in [0.717, 1.165) is 37.6 Å². The number of benzene rings is 1. The van der Waals surface area contributed by atoms with Gasteiger partial charge in [0.25, 0.3) is 5.91 Å². The number of fused-ring (bicyclic) bond motifs is 1. The van der Waals surface area contributed by atoms with Crippen LogP contribution in [0.2, 0.25) is 5.02 Å². The summed E-state index contributed by atoms with van der Waals surface area (Å²) in [5, 5.41) is 3.67. The predicted molar refractivity (Wildman–Crippen MR) is 89.9 cm³/mol. The molecule has 1 aliphatic carbocycles. The minimum Gasteiger partial charge on any atom is -0.375 e. The summed E-state index contributed by atoms with van der Waals surface area (Å²) in [7, 11) is 0. The molecule has 2 aliphatic heterocycles. The van der Waals surface area contributed by atoms with Crippen molar-refractivity contribution in [2.75, 3.05) is 19.7 Å². The molecule has 1 saturated carbocycles. The molecule has 3 fully saturated rings. The smallest absolute Gasteiger partial charge is 0.253 e. The molecule has 0 aromatic heterocycles. The number of ether oxygens (including phenoxy) is 1. The molecule has 1 aromatic rings. The number of carbonyl (C=O) groups is 1. The first-order valence-corrected chi connectivity index (χ1v) is 8.90. The lowest BCUT2D eigenvalue weighted by Gasteiger charge is -2.35. The molecule has 1 N–H and O–H groups in total. The molecule has 5 heteroatoms. The molecule has 124 valence electrons. The number of halogens is 1. The van der Waals surface area contributed by atoms with Crippen molar-refractivity contribution in [3.8, 4) is 0 Å². The second-order valence-electron chi connectivity index (χ2n) is 7.21. The lowest BCUT2D eigenvalue weighted by atomic mass is 10.1. The number of hydrogen-bond acceptors (Lipinski definition) is 3. The topological polar surface area (TPSA) is 41.6 Å². The molecule has 3 aliphatic rings. The second kappa shape index (κ2) is 6.08. The highest BCUT2D eigenvalue weighted by atomic mass is 35.5. The minimum atomic E-state index is -0.0665. The Hall–Kier alpha value is -1.10. The van der Waals surface area contributed by atoms with E-state index in [1.165, 1.54) is 12.8 Å². The van der Waals surface area contributed by atoms with Crippen LogP contribution in [-0.4, -0.2) is 48.7 Å². The number of hydrogen-bond donors (Lipinski definition) is 1. The lowest BCUT2D eigenvalue weighted by molar-refractivity contribution is -0.0581. The summed E-state index contributed by atoms with van der Waals surface area (Å²) < 4.78 is 6.01. The third-order valence-corrected chi connectivity index (χ3v) is 5.62. The second-order valence-corrected chi connectivity index (χ2v) is 7.61. The Balaban J connectivity index is 1.38. The van der Waals surface area contributed by atoms with Gasteiger partial charge in [0.15, 0.2) is 0 Å². The van der Waals surface area contributed by atoms with Gasteiger partial charge in [0.05, 0.1) is 23.3 Å². The molecule has 1 amide bonds. The Morgan fingerprint density at radius 3 is 2.96 bits per heavy atom. The highest BCUT2D eigenvalue weighted by Crippen LogP contribution is 2.37. The van der Waals surface area contributed by atoms with E-state index < -0.39 is 0 Å². The fourth-order valence-corrected chi connectivity index (χ4v) is 4.04. The van der Waals surface area contributed by atoms with Crippen molar-refractivity contribution in [2.45, 2.75) is 44.4 Å². The average Bonchev–Trinajstić information content (AvgIpc) is 3.30. The highest BCUT2D eigenvalue weighted by molar-refractivity contribution is 6.33. The van der Waals surface area contributed by atoms with Crippen LogP contribution in [-0.2, 0) is 4.74 Å². The Morgan fingerprint density at radius 2 is 2.17 bits per heavy atom. The molecule has 4 nitrogen and oxygen atoms in total. The van der Waals surface area contributed by atoms with Crippen molar-refractivity contribution in [3.05, 3.63) is 34.3 Å². The van der Waals surface area contributed by atoms with Crippen molar-refractivity contribution in [2.24, 2.45) is 5.92 Å². The van der Waals surface area contributed by atoms with Crippen LogP contribution in [0.15, 0.2) is 18.2 Å². The number of aryl methyl sites for hydroxylation is 1. The van der Waals surface area contributed by atoms with Crippen molar-refractivity contribution in [1.29, 1.82) is 0 Å². The van der Waals surface area contributed by atoms with Gasteiger partial charge in [-0.15, -0.1) is 0 Å². The SMILES string of the molecule is Cc1ccc(Cl)c(C(=O)N[C@H]2C[C@H]3CO[C@H](C4CC4)CN3C2)c1. The predicted octanol–water partition coefficient (Wildman–Crippen LogP) is 2.63. The van der Waals surface area contributed by atoms with Gasteiger partial charge in [0.1, 0.15) is 0 Å². The Bertz CT molecular complexity index is 617. The molecule has 23 heavy (non-hydrogen) atoms. The quantitative estimate of drug-likeness (QED) is 0.924. The van der Waals surface area contributed by atoms with Gasteiger partial charge in [-0.3, -0.25) is 9.69 Å². The van der Waals surface area contributed by atoms with Gasteiger partial charge < -0.3 is 10.1 Å². The van der Waals surface area contributed by atoms with Gasteiger partial charge in [0, 0.05) is 25.2 Å². The van der Waals surface area contributed by atoms with Crippen LogP contribution in [0, 0.1) is 12.8 Å². The van der Waals surface area contributed by atoms with E-state index in [1.54, 1.807) is 6.07 Å². The fourth-order valence-electron chi connectivity index (χ4n) is 3.83. The maximum absolute atomic E-state index is 12.5. The summed E-state index contributed by atoms with van der Waals surface area (Å²) in [5.74, 6) is 0.707. The van der Waals surface area contributed by atoms with Gasteiger partial charge in [-0.05, 0) is 44.2 Å². The fraction of sp³-hybridized carbons (Fsp3) is 0.611. The Kier molecular flexibility index (Phi) is 4.08. The molecule has 0 bridgehead atoms. The van der Waals surface area contributed by atoms with E-state index in [4.69, 9.17) is 16.3 Å². The van der Waals surface area contributed by atoms with Gasteiger partial charge in [0.2, 0.25) is 0 Å². The van der Waals surface area contributed by atoms with Crippen molar-refractivity contribution < 1.29 is 9.53 Å². The van der Waals surface area contributed by atoms with Crippen molar-refractivity contribution in [3.63, 3.8) is 0 Å². The van der Waals surface area contributed by atoms with Gasteiger partial charge in [-0.2, -0.15) is 0 Å². The molecule has 3 atom stereocenters. The maximum Gasteiger partial charge on any atom is 0.253 e. The van der Waals surface area contributed by atoms with Crippen molar-refractivity contribution in [1.82, 2.24) is 10.2 Å². The van der Waals surface area contributed by atoms with Gasteiger partial charge in [-0.1, -0.05) is 23.2 Å². The molecular formula is C18H23ClN2O2. The zero-order chi connectivity index (χ0) is 16.0. The number of rotatable bonds is 3. The molecule has 1 aromatic carbocycles. The summed E-state index contributed by atoms with van der Waals surface area (Å²) >= 11 is 6.17. The Morgan fingerprint density at radius 1 is 1.35 bits per heavy atom. The normalized spacial score (nSPS) is 31.0. The zero-order valence-corrected chi connectivity index (χ0v) is 14.2. The average molecular weight is 335 g/mol. The third kappa shape index (κ3) is 3.25. The number of carbonyl (C=O) groups excluding carboxylic acids is 1. The summed E-state index contributed by atoms with van der Waals surface area (Å²) in [5.41, 5.74) is 1.62. The minimum absolute atomic E-state index is 0.0665. The van der Waals surface area contributed by atoms with Crippen LogP contribution >= 0.6 is 11.6 Å². The van der Waals surface area contributed by atoms with E-state index in [9.17, 15) is 4.79 Å². The first-order chi connectivity index (χ1) is 11.1. The van der Waals surface area contributed by atoms with Crippen LogP contribution in [0.3, 0.4) is 0 Å². The number of morpholine rings is 1. The number of nitrogens with zero attached hydrogens (tertiary/aromatic N) is 1. The van der Waals surface area contributed by atoms with E-state index in [1.807, 2.05) is 19.1 Å². The van der Waals surface area contributed by atoms with Gasteiger partial charge >= 0.3 is 0 Å². The van der Waals surface area contributed by atoms with Crippen LogP contribution in [0.5, 0.6) is 0 Å². The lowest BCUT2D eigenvalue weighted by Crippen LogP contribution is -2.47. The Labute approximate surface area is 142 Å². The van der Waals surface area contributed by atoms with E-state index in [-0.39, 0.29) is 11.9 Å².